The maximum absolute atomic E-state index is 13.0. The molecule has 0 radical (unpaired) electrons. The predicted octanol–water partition coefficient (Wildman–Crippen LogP) is 2.80. The number of nitrogens with zero attached hydrogens (tertiary/aromatic N) is 1. The van der Waals surface area contributed by atoms with E-state index >= 15 is 0 Å². The van der Waals surface area contributed by atoms with Crippen LogP contribution in [-0.4, -0.2) is 21.8 Å². The van der Waals surface area contributed by atoms with Crippen LogP contribution < -0.4 is 0 Å². The summed E-state index contributed by atoms with van der Waals surface area (Å²) in [5.41, 5.74) is 0.627. The molecule has 116 valence electrons. The van der Waals surface area contributed by atoms with Gasteiger partial charge >= 0.3 is 0 Å². The van der Waals surface area contributed by atoms with E-state index in [1.165, 1.54) is 36.4 Å². The summed E-state index contributed by atoms with van der Waals surface area (Å²) in [6.07, 6.45) is 0. The normalized spacial score (nSPS) is 14.8. The smallest absolute Gasteiger partial charge is 0.296 e. The molecule has 0 saturated heterocycles. The van der Waals surface area contributed by atoms with Crippen molar-refractivity contribution in [2.75, 3.05) is 0 Å². The average Bonchev–Trinajstić information content (AvgIpc) is 2.74. The third-order valence-corrected chi connectivity index (χ3v) is 3.53. The number of halogens is 2. The molecule has 0 unspecified atom stereocenters. The number of benzene rings is 2. The molecule has 0 bridgehead atoms. The topological polar surface area (TPSA) is 57.6 Å². The van der Waals surface area contributed by atoms with E-state index in [-0.39, 0.29) is 17.7 Å². The number of rotatable bonds is 3. The zero-order chi connectivity index (χ0) is 16.6. The Labute approximate surface area is 130 Å². The summed E-state index contributed by atoms with van der Waals surface area (Å²) in [5.74, 6) is -3.11. The second-order valence-corrected chi connectivity index (χ2v) is 5.05. The molecule has 6 heteroatoms. The van der Waals surface area contributed by atoms with Gasteiger partial charge in [0.15, 0.2) is 5.76 Å². The fourth-order valence-corrected chi connectivity index (χ4v) is 2.36. The number of imide groups is 1. The maximum atomic E-state index is 13.0. The van der Waals surface area contributed by atoms with Crippen LogP contribution >= 0.6 is 0 Å². The minimum atomic E-state index is -0.835. The van der Waals surface area contributed by atoms with Crippen molar-refractivity contribution in [2.45, 2.75) is 6.54 Å². The average molecular weight is 315 g/mol. The number of carbonyl (C=O) groups excluding carboxylic acids is 2. The summed E-state index contributed by atoms with van der Waals surface area (Å²) in [7, 11) is 0. The maximum Gasteiger partial charge on any atom is 0.296 e. The van der Waals surface area contributed by atoms with E-state index in [0.29, 0.717) is 5.56 Å². The van der Waals surface area contributed by atoms with Crippen LogP contribution in [0.1, 0.15) is 11.1 Å². The minimum absolute atomic E-state index is 0.0906. The summed E-state index contributed by atoms with van der Waals surface area (Å²) in [6.45, 7) is -0.0906. The van der Waals surface area contributed by atoms with Crippen molar-refractivity contribution in [2.24, 2.45) is 0 Å². The molecule has 1 aliphatic rings. The van der Waals surface area contributed by atoms with Gasteiger partial charge < -0.3 is 5.11 Å². The van der Waals surface area contributed by atoms with Gasteiger partial charge in [0.05, 0.1) is 12.1 Å². The zero-order valence-corrected chi connectivity index (χ0v) is 11.8. The first-order chi connectivity index (χ1) is 11.0. The summed E-state index contributed by atoms with van der Waals surface area (Å²) in [4.78, 5) is 25.4. The van der Waals surface area contributed by atoms with Crippen molar-refractivity contribution in [3.8, 4) is 0 Å². The van der Waals surface area contributed by atoms with Crippen LogP contribution in [0.2, 0.25) is 0 Å². The Kier molecular flexibility index (Phi) is 3.65. The largest absolute Gasteiger partial charge is 0.502 e. The van der Waals surface area contributed by atoms with Crippen LogP contribution in [-0.2, 0) is 16.1 Å². The number of aliphatic hydroxyl groups excluding tert-OH is 1. The van der Waals surface area contributed by atoms with Gasteiger partial charge in [0, 0.05) is 0 Å². The van der Waals surface area contributed by atoms with Crippen LogP contribution in [0.5, 0.6) is 0 Å². The fraction of sp³-hybridized carbons (Fsp3) is 0.0588. The molecule has 0 spiro atoms. The van der Waals surface area contributed by atoms with Gasteiger partial charge in [0.2, 0.25) is 0 Å². The van der Waals surface area contributed by atoms with E-state index in [1.807, 2.05) is 0 Å². The van der Waals surface area contributed by atoms with Crippen molar-refractivity contribution in [1.29, 1.82) is 0 Å². The SMILES string of the molecule is O=C1C(O)=C(c2ccc(F)cc2)C(=O)N1Cc1ccc(F)cc1. The highest BCUT2D eigenvalue weighted by molar-refractivity contribution is 6.34. The molecule has 1 N–H and O–H groups in total. The molecule has 2 aromatic rings. The van der Waals surface area contributed by atoms with Crippen LogP contribution in [0.4, 0.5) is 8.78 Å². The van der Waals surface area contributed by atoms with Gasteiger partial charge in [-0.3, -0.25) is 14.5 Å². The summed E-state index contributed by atoms with van der Waals surface area (Å²) in [6, 6.07) is 10.2. The van der Waals surface area contributed by atoms with Gasteiger partial charge in [-0.05, 0) is 35.4 Å². The van der Waals surface area contributed by atoms with E-state index in [4.69, 9.17) is 0 Å². The molecular formula is C17H11F2NO3. The first kappa shape index (κ1) is 14.9. The van der Waals surface area contributed by atoms with E-state index < -0.39 is 29.2 Å². The van der Waals surface area contributed by atoms with Gasteiger partial charge in [-0.15, -0.1) is 0 Å². The number of carbonyl (C=O) groups is 2. The highest BCUT2D eigenvalue weighted by Crippen LogP contribution is 2.29. The van der Waals surface area contributed by atoms with Crippen LogP contribution in [0.25, 0.3) is 5.57 Å². The number of hydrogen-bond donors (Lipinski definition) is 1. The number of aliphatic hydroxyl groups is 1. The Morgan fingerprint density at radius 2 is 1.35 bits per heavy atom. The van der Waals surface area contributed by atoms with Crippen molar-refractivity contribution in [3.63, 3.8) is 0 Å². The first-order valence-electron chi connectivity index (χ1n) is 6.77. The molecule has 0 aliphatic carbocycles. The second kappa shape index (κ2) is 5.64. The standard InChI is InChI=1S/C17H11F2NO3/c18-12-5-1-10(2-6-12)9-20-16(22)14(15(21)17(20)23)11-3-7-13(19)8-4-11/h1-8,21H,9H2. The highest BCUT2D eigenvalue weighted by atomic mass is 19.1. The van der Waals surface area contributed by atoms with Crippen molar-refractivity contribution in [1.82, 2.24) is 4.90 Å². The van der Waals surface area contributed by atoms with Crippen LogP contribution in [0.15, 0.2) is 54.3 Å². The van der Waals surface area contributed by atoms with E-state index in [0.717, 1.165) is 17.0 Å². The van der Waals surface area contributed by atoms with Gasteiger partial charge in [0.1, 0.15) is 11.6 Å². The molecule has 0 fully saturated rings. The second-order valence-electron chi connectivity index (χ2n) is 5.05. The Bertz CT molecular complexity index is 811. The molecule has 4 nitrogen and oxygen atoms in total. The lowest BCUT2D eigenvalue weighted by Gasteiger charge is -2.14. The molecule has 0 saturated carbocycles. The molecule has 1 aliphatic heterocycles. The van der Waals surface area contributed by atoms with Gasteiger partial charge in [-0.2, -0.15) is 0 Å². The number of hydrogen-bond acceptors (Lipinski definition) is 3. The molecule has 3 rings (SSSR count). The molecule has 2 aromatic carbocycles. The lowest BCUT2D eigenvalue weighted by Crippen LogP contribution is -2.31. The Morgan fingerprint density at radius 1 is 0.826 bits per heavy atom. The minimum Gasteiger partial charge on any atom is -0.502 e. The Hall–Kier alpha value is -3.02. The number of amides is 2. The van der Waals surface area contributed by atoms with Gasteiger partial charge in [0.25, 0.3) is 11.8 Å². The van der Waals surface area contributed by atoms with Gasteiger partial charge in [-0.25, -0.2) is 8.78 Å². The molecule has 0 atom stereocenters. The van der Waals surface area contributed by atoms with Crippen LogP contribution in [0, 0.1) is 11.6 Å². The quantitative estimate of drug-likeness (QED) is 0.886. The van der Waals surface area contributed by atoms with Crippen molar-refractivity contribution >= 4 is 17.4 Å². The van der Waals surface area contributed by atoms with Crippen molar-refractivity contribution in [3.05, 3.63) is 77.1 Å². The lowest BCUT2D eigenvalue weighted by molar-refractivity contribution is -0.138. The lowest BCUT2D eigenvalue weighted by atomic mass is 10.1. The Morgan fingerprint density at radius 3 is 1.91 bits per heavy atom. The van der Waals surface area contributed by atoms with Gasteiger partial charge in [-0.1, -0.05) is 24.3 Å². The van der Waals surface area contributed by atoms with E-state index in [2.05, 4.69) is 0 Å². The third kappa shape index (κ3) is 2.70. The first-order valence-corrected chi connectivity index (χ1v) is 6.77. The molecule has 23 heavy (non-hydrogen) atoms. The molecule has 2 amide bonds. The summed E-state index contributed by atoms with van der Waals surface area (Å²) in [5, 5.41) is 9.96. The third-order valence-electron chi connectivity index (χ3n) is 3.53. The van der Waals surface area contributed by atoms with Crippen molar-refractivity contribution < 1.29 is 23.5 Å². The summed E-state index contributed by atoms with van der Waals surface area (Å²) >= 11 is 0. The molecule has 1 heterocycles. The van der Waals surface area contributed by atoms with E-state index in [1.54, 1.807) is 0 Å². The predicted molar refractivity (Wildman–Crippen MR) is 77.9 cm³/mol. The fourth-order valence-electron chi connectivity index (χ4n) is 2.36. The monoisotopic (exact) mass is 315 g/mol. The van der Waals surface area contributed by atoms with E-state index in [9.17, 15) is 23.5 Å². The molecular weight excluding hydrogens is 304 g/mol. The highest BCUT2D eigenvalue weighted by Gasteiger charge is 2.39. The molecule has 0 aromatic heterocycles. The summed E-state index contributed by atoms with van der Waals surface area (Å²) < 4.78 is 25.9. The Balaban J connectivity index is 1.89. The van der Waals surface area contributed by atoms with Crippen LogP contribution in [0.3, 0.4) is 0 Å². The zero-order valence-electron chi connectivity index (χ0n) is 11.8.